The smallest absolute Gasteiger partial charge is 0.274 e. The first-order valence-electron chi connectivity index (χ1n) is 8.95. The van der Waals surface area contributed by atoms with Gasteiger partial charge in [0, 0.05) is 25.8 Å². The molecule has 0 saturated heterocycles. The molecule has 1 atom stereocenters. The van der Waals surface area contributed by atoms with Crippen molar-refractivity contribution in [2.75, 3.05) is 27.3 Å². The number of carbonyl (C=O) groups is 1. The van der Waals surface area contributed by atoms with Crippen LogP contribution < -0.4 is 14.8 Å². The van der Waals surface area contributed by atoms with Crippen LogP contribution >= 0.6 is 0 Å². The number of hydrogen-bond acceptors (Lipinski definition) is 5. The van der Waals surface area contributed by atoms with Crippen LogP contribution in [0.25, 0.3) is 0 Å². The Labute approximate surface area is 152 Å². The monoisotopic (exact) mass is 356 g/mol. The number of aromatic nitrogens is 2. The van der Waals surface area contributed by atoms with Crippen molar-refractivity contribution in [3.05, 3.63) is 41.0 Å². The molecule has 0 fully saturated rings. The number of imidazole rings is 1. The molecular formula is C19H24N4O3. The topological polar surface area (TPSA) is 68.6 Å². The molecule has 7 nitrogen and oxygen atoms in total. The fourth-order valence-electron chi connectivity index (χ4n) is 3.86. The van der Waals surface area contributed by atoms with Gasteiger partial charge >= 0.3 is 0 Å². The highest BCUT2D eigenvalue weighted by Crippen LogP contribution is 2.38. The minimum Gasteiger partial charge on any atom is -0.493 e. The number of methoxy groups -OCH3 is 2. The number of carbonyl (C=O) groups excluding carboxylic acids is 1. The van der Waals surface area contributed by atoms with Gasteiger partial charge in [0.2, 0.25) is 0 Å². The molecule has 4 rings (SSSR count). The molecule has 1 aromatic carbocycles. The van der Waals surface area contributed by atoms with E-state index in [1.807, 2.05) is 23.2 Å². The Kier molecular flexibility index (Phi) is 4.32. The van der Waals surface area contributed by atoms with Crippen LogP contribution in [0.15, 0.2) is 18.3 Å². The summed E-state index contributed by atoms with van der Waals surface area (Å²) in [7, 11) is 3.27. The zero-order valence-electron chi connectivity index (χ0n) is 15.4. The van der Waals surface area contributed by atoms with Crippen molar-refractivity contribution in [2.24, 2.45) is 0 Å². The van der Waals surface area contributed by atoms with Crippen molar-refractivity contribution in [1.82, 2.24) is 19.8 Å². The zero-order valence-corrected chi connectivity index (χ0v) is 15.4. The number of hydrogen-bond donors (Lipinski definition) is 1. The van der Waals surface area contributed by atoms with Gasteiger partial charge in [-0.15, -0.1) is 0 Å². The van der Waals surface area contributed by atoms with E-state index in [4.69, 9.17) is 9.47 Å². The Morgan fingerprint density at radius 2 is 2.00 bits per heavy atom. The third kappa shape index (κ3) is 2.72. The van der Waals surface area contributed by atoms with Gasteiger partial charge in [-0.2, -0.15) is 0 Å². The summed E-state index contributed by atoms with van der Waals surface area (Å²) in [5.74, 6) is 2.33. The van der Waals surface area contributed by atoms with Gasteiger partial charge in [-0.25, -0.2) is 4.98 Å². The van der Waals surface area contributed by atoms with Gasteiger partial charge in [-0.05, 0) is 36.6 Å². The quantitative estimate of drug-likeness (QED) is 0.908. The molecule has 2 aliphatic heterocycles. The van der Waals surface area contributed by atoms with Crippen LogP contribution in [-0.4, -0.2) is 47.7 Å². The van der Waals surface area contributed by atoms with Crippen LogP contribution in [0.4, 0.5) is 0 Å². The molecular weight excluding hydrogens is 332 g/mol. The molecule has 0 spiro atoms. The van der Waals surface area contributed by atoms with E-state index in [1.165, 1.54) is 5.56 Å². The standard InChI is InChI=1S/C19H24N4O3/c1-12-14-9-17(26-3)16(25-2)8-13(14)4-6-23(12)19(24)15-11-22-7-5-20-10-18(22)21-15/h8-9,11-12,20H,4-7,10H2,1-3H3. The summed E-state index contributed by atoms with van der Waals surface area (Å²) < 4.78 is 12.9. The second-order valence-electron chi connectivity index (χ2n) is 6.74. The van der Waals surface area contributed by atoms with Crippen LogP contribution in [0.5, 0.6) is 11.5 Å². The van der Waals surface area contributed by atoms with Crippen molar-refractivity contribution in [1.29, 1.82) is 0 Å². The molecule has 1 amide bonds. The maximum Gasteiger partial charge on any atom is 0.274 e. The third-order valence-corrected chi connectivity index (χ3v) is 5.34. The molecule has 2 aromatic rings. The van der Waals surface area contributed by atoms with E-state index < -0.39 is 0 Å². The maximum absolute atomic E-state index is 13.1. The minimum atomic E-state index is -0.0390. The number of fused-ring (bicyclic) bond motifs is 2. The van der Waals surface area contributed by atoms with E-state index in [2.05, 4.69) is 21.8 Å². The lowest BCUT2D eigenvalue weighted by Crippen LogP contribution is -2.39. The molecule has 0 bridgehead atoms. The maximum atomic E-state index is 13.1. The van der Waals surface area contributed by atoms with E-state index in [9.17, 15) is 4.79 Å². The van der Waals surface area contributed by atoms with Gasteiger partial charge in [-0.3, -0.25) is 4.79 Å². The fourth-order valence-corrected chi connectivity index (χ4v) is 3.86. The lowest BCUT2D eigenvalue weighted by molar-refractivity contribution is 0.0671. The average Bonchev–Trinajstić information content (AvgIpc) is 3.11. The van der Waals surface area contributed by atoms with Crippen LogP contribution in [0.3, 0.4) is 0 Å². The number of amides is 1. The third-order valence-electron chi connectivity index (χ3n) is 5.34. The molecule has 0 radical (unpaired) electrons. The highest BCUT2D eigenvalue weighted by Gasteiger charge is 2.31. The van der Waals surface area contributed by atoms with E-state index in [0.717, 1.165) is 36.6 Å². The van der Waals surface area contributed by atoms with Crippen molar-refractivity contribution in [3.8, 4) is 11.5 Å². The Morgan fingerprint density at radius 1 is 1.23 bits per heavy atom. The predicted molar refractivity (Wildman–Crippen MR) is 96.6 cm³/mol. The summed E-state index contributed by atoms with van der Waals surface area (Å²) in [6.45, 7) is 5.20. The molecule has 2 aliphatic rings. The molecule has 26 heavy (non-hydrogen) atoms. The summed E-state index contributed by atoms with van der Waals surface area (Å²) in [6, 6.07) is 3.97. The SMILES string of the molecule is COc1cc2c(cc1OC)C(C)N(C(=O)c1cn3c(n1)CNCC3)CC2. The summed E-state index contributed by atoms with van der Waals surface area (Å²) in [5.41, 5.74) is 2.83. The highest BCUT2D eigenvalue weighted by molar-refractivity contribution is 5.92. The van der Waals surface area contributed by atoms with Crippen molar-refractivity contribution in [2.45, 2.75) is 32.5 Å². The number of nitrogens with one attached hydrogen (secondary N) is 1. The van der Waals surface area contributed by atoms with Gasteiger partial charge < -0.3 is 24.3 Å². The molecule has 3 heterocycles. The van der Waals surface area contributed by atoms with Gasteiger partial charge in [0.25, 0.3) is 5.91 Å². The summed E-state index contributed by atoms with van der Waals surface area (Å²) in [6.07, 6.45) is 2.68. The van der Waals surface area contributed by atoms with Crippen LogP contribution in [0.1, 0.15) is 40.4 Å². The number of nitrogens with zero attached hydrogens (tertiary/aromatic N) is 3. The van der Waals surface area contributed by atoms with E-state index in [0.29, 0.717) is 24.5 Å². The van der Waals surface area contributed by atoms with Crippen LogP contribution in [0.2, 0.25) is 0 Å². The molecule has 0 aliphatic carbocycles. The van der Waals surface area contributed by atoms with Crippen LogP contribution in [0, 0.1) is 0 Å². The van der Waals surface area contributed by atoms with Gasteiger partial charge in [-0.1, -0.05) is 0 Å². The average molecular weight is 356 g/mol. The molecule has 0 saturated carbocycles. The predicted octanol–water partition coefficient (Wildman–Crippen LogP) is 1.76. The van der Waals surface area contributed by atoms with Gasteiger partial charge in [0.1, 0.15) is 11.5 Å². The first-order chi connectivity index (χ1) is 12.6. The van der Waals surface area contributed by atoms with Crippen molar-refractivity contribution >= 4 is 5.91 Å². The summed E-state index contributed by atoms with van der Waals surface area (Å²) in [5, 5.41) is 3.28. The lowest BCUT2D eigenvalue weighted by Gasteiger charge is -2.35. The first-order valence-corrected chi connectivity index (χ1v) is 8.95. The normalized spacial score (nSPS) is 18.9. The molecule has 1 N–H and O–H groups in total. The van der Waals surface area contributed by atoms with E-state index in [1.54, 1.807) is 14.2 Å². The number of ether oxygens (including phenoxy) is 2. The fraction of sp³-hybridized carbons (Fsp3) is 0.474. The Hall–Kier alpha value is -2.54. The number of rotatable bonds is 3. The minimum absolute atomic E-state index is 0.0140. The van der Waals surface area contributed by atoms with Crippen molar-refractivity contribution in [3.63, 3.8) is 0 Å². The summed E-state index contributed by atoms with van der Waals surface area (Å²) in [4.78, 5) is 19.5. The zero-order chi connectivity index (χ0) is 18.3. The molecule has 7 heteroatoms. The molecule has 1 unspecified atom stereocenters. The largest absolute Gasteiger partial charge is 0.493 e. The summed E-state index contributed by atoms with van der Waals surface area (Å²) >= 11 is 0. The highest BCUT2D eigenvalue weighted by atomic mass is 16.5. The van der Waals surface area contributed by atoms with Crippen molar-refractivity contribution < 1.29 is 14.3 Å². The molecule has 138 valence electrons. The first kappa shape index (κ1) is 16.9. The number of benzene rings is 1. The second-order valence-corrected chi connectivity index (χ2v) is 6.74. The van der Waals surface area contributed by atoms with Gasteiger partial charge in [0.15, 0.2) is 11.5 Å². The Bertz CT molecular complexity index is 822. The van der Waals surface area contributed by atoms with E-state index in [-0.39, 0.29) is 11.9 Å². The second kappa shape index (κ2) is 6.64. The Morgan fingerprint density at radius 3 is 2.73 bits per heavy atom. The van der Waals surface area contributed by atoms with Crippen LogP contribution in [-0.2, 0) is 19.5 Å². The lowest BCUT2D eigenvalue weighted by atomic mass is 9.92. The van der Waals surface area contributed by atoms with E-state index >= 15 is 0 Å². The molecule has 1 aromatic heterocycles. The van der Waals surface area contributed by atoms with Gasteiger partial charge in [0.05, 0.1) is 26.8 Å². The Balaban J connectivity index is 1.63.